The van der Waals surface area contributed by atoms with E-state index in [0.717, 1.165) is 0 Å². The predicted molar refractivity (Wildman–Crippen MR) is 15.9 cm³/mol. The van der Waals surface area contributed by atoms with Crippen LogP contribution in [0.1, 0.15) is 0 Å². The SMILES string of the molecule is C#CCO.[Rf]. The molecule has 1 N–H and O–H groups in total. The van der Waals surface area contributed by atoms with Crippen molar-refractivity contribution in [2.75, 3.05) is 6.61 Å². The molecule has 0 spiro atoms. The first-order chi connectivity index (χ1) is 1.91. The van der Waals surface area contributed by atoms with E-state index in [0.29, 0.717) is 0 Å². The largest absolute Gasteiger partial charge is 0.384 e. The molecule has 0 radical (unpaired) electrons. The topological polar surface area (TPSA) is 20.2 Å². The van der Waals surface area contributed by atoms with Crippen molar-refractivity contribution in [3.63, 3.8) is 0 Å². The van der Waals surface area contributed by atoms with Gasteiger partial charge in [-0.2, -0.15) is 0 Å². The van der Waals surface area contributed by atoms with Gasteiger partial charge in [-0.05, 0) is 0 Å². The Morgan fingerprint density at radius 1 is 1.80 bits per heavy atom. The van der Waals surface area contributed by atoms with Crippen LogP contribution in [-0.2, 0) is 0 Å². The molecule has 0 rings (SSSR count). The monoisotopic (exact) mass is 323 g/mol. The van der Waals surface area contributed by atoms with Crippen molar-refractivity contribution in [1.29, 1.82) is 0 Å². The zero-order valence-corrected chi connectivity index (χ0v) is 9.34. The van der Waals surface area contributed by atoms with Crippen molar-refractivity contribution in [1.82, 2.24) is 0 Å². The third kappa shape index (κ3) is 2.96. The molecule has 0 aliphatic rings. The summed E-state index contributed by atoms with van der Waals surface area (Å²) in [7, 11) is 0. The van der Waals surface area contributed by atoms with E-state index in [1.165, 1.54) is 0 Å². The van der Waals surface area contributed by atoms with E-state index in [4.69, 9.17) is 5.11 Å². The third-order valence-electron chi connectivity index (χ3n) is 0.0913. The van der Waals surface area contributed by atoms with Crippen LogP contribution in [0.15, 0.2) is 0 Å². The normalized spacial score (nSPS) is 4.00. The third-order valence-corrected chi connectivity index (χ3v) is 0.0913. The standard InChI is InChI=1S/C3H4O.Rf/c1-2-3-4;/h1,4H,3H2;. The summed E-state index contributed by atoms with van der Waals surface area (Å²) < 4.78 is 0. The molecule has 1 nitrogen and oxygen atoms in total. The van der Waals surface area contributed by atoms with Crippen molar-refractivity contribution in [2.24, 2.45) is 0 Å². The summed E-state index contributed by atoms with van der Waals surface area (Å²) in [5.41, 5.74) is 0. The van der Waals surface area contributed by atoms with Crippen molar-refractivity contribution in [2.45, 2.75) is 0 Å². The first-order valence-corrected chi connectivity index (χ1v) is 0.958. The van der Waals surface area contributed by atoms with Gasteiger partial charge in [-0.25, -0.2) is 0 Å². The van der Waals surface area contributed by atoms with E-state index < -0.39 is 0 Å². The maximum atomic E-state index is 7.64. The van der Waals surface area contributed by atoms with Crippen LogP contribution in [0, 0.1) is 12.3 Å². The Kier molecular flexibility index (Phi) is 41.7. The fourth-order valence-corrected chi connectivity index (χ4v) is 0. The summed E-state index contributed by atoms with van der Waals surface area (Å²) in [4.78, 5) is 0. The van der Waals surface area contributed by atoms with E-state index in [1.54, 1.807) is 0 Å². The number of hydrogen-bond acceptors (Lipinski definition) is 1. The Hall–Kier alpha value is -1.48. The number of terminal acetylenes is 1. The van der Waals surface area contributed by atoms with E-state index in [9.17, 15) is 0 Å². The maximum absolute atomic E-state index is 7.64. The van der Waals surface area contributed by atoms with E-state index in [1.807, 2.05) is 5.92 Å². The predicted octanol–water partition coefficient (Wildman–Crippen LogP) is -0.388. The molecule has 0 aromatic heterocycles. The number of aliphatic hydroxyl groups excluding tert-OH is 1. The summed E-state index contributed by atoms with van der Waals surface area (Å²) in [6.07, 6.45) is 4.53. The van der Waals surface area contributed by atoms with Crippen LogP contribution in [0.4, 0.5) is 0 Å². The molecule has 0 aromatic rings. The van der Waals surface area contributed by atoms with E-state index in [-0.39, 0.29) is 6.61 Å². The summed E-state index contributed by atoms with van der Waals surface area (Å²) in [6, 6.07) is 0. The van der Waals surface area contributed by atoms with Crippen molar-refractivity contribution >= 4 is 0 Å². The van der Waals surface area contributed by atoms with Gasteiger partial charge in [0.1, 0.15) is 6.61 Å². The van der Waals surface area contributed by atoms with Gasteiger partial charge < -0.3 is 5.11 Å². The number of aliphatic hydroxyl groups is 1. The van der Waals surface area contributed by atoms with Crippen LogP contribution < -0.4 is 0 Å². The van der Waals surface area contributed by atoms with Gasteiger partial charge in [0.15, 0.2) is 0 Å². The average Bonchev–Trinajstić information content (AvgIpc) is 1.37. The van der Waals surface area contributed by atoms with Gasteiger partial charge in [-0.1, -0.05) is 5.92 Å². The van der Waals surface area contributed by atoms with Gasteiger partial charge in [-0.3, -0.25) is 0 Å². The molecule has 0 aliphatic carbocycles. The summed E-state index contributed by atoms with van der Waals surface area (Å²) in [5.74, 6) is 1.99. The number of rotatable bonds is 0. The second kappa shape index (κ2) is 21.5. The minimum absolute atomic E-state index is 0. The molecule has 0 atom stereocenters. The van der Waals surface area contributed by atoms with Crippen LogP contribution in [0.5, 0.6) is 0 Å². The van der Waals surface area contributed by atoms with Gasteiger partial charge >= 0.3 is 0 Å². The fraction of sp³-hybridized carbons (Fsp3) is 0.333. The number of hydrogen-bond donors (Lipinski definition) is 1. The molecule has 0 aromatic carbocycles. The first kappa shape index (κ1) is 9.68. The zero-order valence-electron chi connectivity index (χ0n) is 2.94. The molecule has 0 amide bonds. The van der Waals surface area contributed by atoms with Gasteiger partial charge in [0.05, 0.1) is 0 Å². The molecule has 5 heavy (non-hydrogen) atoms. The minimum Gasteiger partial charge on any atom is -0.384 e. The molecule has 0 fully saturated rings. The van der Waals surface area contributed by atoms with Crippen LogP contribution in [0.25, 0.3) is 0 Å². The van der Waals surface area contributed by atoms with Crippen LogP contribution in [0.3, 0.4) is 0 Å². The summed E-state index contributed by atoms with van der Waals surface area (Å²) >= 11 is 0. The molecule has 0 saturated heterocycles. The molecule has 2 heteroatoms. The second-order valence-electron chi connectivity index (χ2n) is 0.362. The molecule has 0 heterocycles. The fourth-order valence-electron chi connectivity index (χ4n) is 0. The van der Waals surface area contributed by atoms with Crippen LogP contribution in [-0.4, -0.2) is 11.7 Å². The molecular formula is C3H4ORf. The Bertz CT molecular complexity index is 36.6. The smallest absolute Gasteiger partial charge is 0.103 e. The molecule has 0 saturated carbocycles. The quantitative estimate of drug-likeness (QED) is 0.602. The Labute approximate surface area is 25.3 Å². The van der Waals surface area contributed by atoms with Crippen molar-refractivity contribution in [3.05, 3.63) is 0 Å². The van der Waals surface area contributed by atoms with Gasteiger partial charge in [-0.15, -0.1) is 6.42 Å². The first-order valence-electron chi connectivity index (χ1n) is 0.958. The second-order valence-corrected chi connectivity index (χ2v) is 0.362. The van der Waals surface area contributed by atoms with Gasteiger partial charge in [0.25, 0.3) is 0 Å². The van der Waals surface area contributed by atoms with Gasteiger partial charge in [0.2, 0.25) is 0 Å². The van der Waals surface area contributed by atoms with E-state index >= 15 is 0 Å². The van der Waals surface area contributed by atoms with Gasteiger partial charge in [0, 0.05) is 0 Å². The van der Waals surface area contributed by atoms with Crippen molar-refractivity contribution in [3.8, 4) is 12.3 Å². The molecule has 0 bridgehead atoms. The van der Waals surface area contributed by atoms with E-state index in [2.05, 4.69) is 6.42 Å². The summed E-state index contributed by atoms with van der Waals surface area (Å²) in [6.45, 7) is -0.153. The minimum atomic E-state index is -0.153. The van der Waals surface area contributed by atoms with Crippen LogP contribution in [0.2, 0.25) is 0 Å². The van der Waals surface area contributed by atoms with Crippen LogP contribution >= 0.6 is 0 Å². The summed E-state index contributed by atoms with van der Waals surface area (Å²) in [5, 5.41) is 7.64. The Balaban J connectivity index is 0. The average molecular weight is 323 g/mol. The zero-order chi connectivity index (χ0) is 3.41. The Morgan fingerprint density at radius 2 is 2.00 bits per heavy atom. The molecular weight excluding hydrogens is 319 g/mol. The molecule has 0 aliphatic heterocycles. The Morgan fingerprint density at radius 3 is 2.00 bits per heavy atom. The van der Waals surface area contributed by atoms with Crippen molar-refractivity contribution < 1.29 is 5.11 Å². The molecule has 24 valence electrons. The molecule has 0 unspecified atom stereocenters. The maximum Gasteiger partial charge on any atom is 0.103 e.